The second-order valence-corrected chi connectivity index (χ2v) is 9.42. The van der Waals surface area contributed by atoms with Crippen LogP contribution in [0.25, 0.3) is 16.1 Å². The number of ether oxygens (including phenoxy) is 1. The molecule has 0 radical (unpaired) electrons. The molecule has 0 bridgehead atoms. The van der Waals surface area contributed by atoms with Gasteiger partial charge in [-0.05, 0) is 35.4 Å². The predicted molar refractivity (Wildman–Crippen MR) is 144 cm³/mol. The maximum Gasteiger partial charge on any atom is 0.123 e. The smallest absolute Gasteiger partial charge is 0.123 e. The summed E-state index contributed by atoms with van der Waals surface area (Å²) in [6.07, 6.45) is 0.0268. The van der Waals surface area contributed by atoms with Crippen molar-refractivity contribution in [2.45, 2.75) is 12.2 Å². The molecule has 0 unspecified atom stereocenters. The summed E-state index contributed by atoms with van der Waals surface area (Å²) in [6, 6.07) is 18.8. The summed E-state index contributed by atoms with van der Waals surface area (Å²) in [6.45, 7) is 0.0960. The first kappa shape index (κ1) is 26.7. The molecule has 1 heterocycles. The number of rotatable bonds is 10. The molecule has 0 aliphatic heterocycles. The number of aliphatic hydroxyl groups excluding tert-OH is 1. The number of allylic oxidation sites excluding steroid dienone is 1. The number of halogens is 2. The van der Waals surface area contributed by atoms with E-state index in [0.717, 1.165) is 16.3 Å². The van der Waals surface area contributed by atoms with Gasteiger partial charge in [0.1, 0.15) is 34.5 Å². The predicted octanol–water partition coefficient (Wildman–Crippen LogP) is 6.55. The van der Waals surface area contributed by atoms with Crippen molar-refractivity contribution < 1.29 is 9.84 Å². The Morgan fingerprint density at radius 3 is 2.51 bits per heavy atom. The lowest BCUT2D eigenvalue weighted by molar-refractivity contribution is 0.201. The molecule has 1 aromatic heterocycles. The Hall–Kier alpha value is -2.85. The summed E-state index contributed by atoms with van der Waals surface area (Å²) in [5.74, 6) is 1.07. The molecule has 2 aromatic carbocycles. The fraction of sp³-hybridized carbons (Fsp3) is 0.200. The molecular formula is C25H20Cl2N4O2S2. The minimum atomic E-state index is -0.0877. The zero-order chi connectivity index (χ0) is 25.0. The zero-order valence-electron chi connectivity index (χ0n) is 18.4. The van der Waals surface area contributed by atoms with Crippen LogP contribution in [0.5, 0.6) is 5.75 Å². The van der Waals surface area contributed by atoms with Crippen LogP contribution >= 0.6 is 46.3 Å². The number of nitriles is 2. The van der Waals surface area contributed by atoms with Gasteiger partial charge in [-0.3, -0.25) is 4.99 Å². The summed E-state index contributed by atoms with van der Waals surface area (Å²) in [5, 5.41) is 32.3. The molecule has 0 atom stereocenters. The van der Waals surface area contributed by atoms with Crippen molar-refractivity contribution in [2.75, 3.05) is 19.2 Å². The highest BCUT2D eigenvalue weighted by Crippen LogP contribution is 2.31. The Kier molecular flexibility index (Phi) is 10.6. The number of thioether (sulfide) groups is 1. The molecule has 0 saturated heterocycles. The molecule has 0 saturated carbocycles. The van der Waals surface area contributed by atoms with Gasteiger partial charge in [0.25, 0.3) is 0 Å². The van der Waals surface area contributed by atoms with Crippen molar-refractivity contribution in [2.24, 2.45) is 4.99 Å². The molecule has 0 aliphatic carbocycles. The van der Waals surface area contributed by atoms with Gasteiger partial charge in [-0.1, -0.05) is 47.6 Å². The molecule has 6 nitrogen and oxygen atoms in total. The first-order valence-electron chi connectivity index (χ1n) is 10.4. The van der Waals surface area contributed by atoms with Crippen LogP contribution in [0.2, 0.25) is 5.02 Å². The quantitative estimate of drug-likeness (QED) is 0.102. The number of nitrogens with zero attached hydrogens (tertiary/aromatic N) is 4. The number of benzene rings is 2. The van der Waals surface area contributed by atoms with Gasteiger partial charge in [-0.15, -0.1) is 22.9 Å². The third-order valence-corrected chi connectivity index (χ3v) is 7.01. The van der Waals surface area contributed by atoms with Crippen molar-refractivity contribution >= 4 is 56.9 Å². The van der Waals surface area contributed by atoms with Gasteiger partial charge in [0.15, 0.2) is 0 Å². The number of aromatic nitrogens is 1. The fourth-order valence-electron chi connectivity index (χ4n) is 3.07. The number of aliphatic imine (C=N–C) groups is 1. The van der Waals surface area contributed by atoms with Gasteiger partial charge in [0.05, 0.1) is 30.4 Å². The standard InChI is InChI=1S/C25H20Cl2N4O2S2/c26-16-30-25(35-15-20-14-34-24(31-20)18-1-5-19(27)6-2-18)23(13-29)22(9-10-28)17-3-7-21(8-4-17)33-12-11-32/h1-8,14,32H,9,11-12,15-16H2/b23-22+,30-25+. The third-order valence-electron chi connectivity index (χ3n) is 4.65. The Morgan fingerprint density at radius 1 is 1.14 bits per heavy atom. The topological polar surface area (TPSA) is 102 Å². The first-order valence-corrected chi connectivity index (χ1v) is 13.2. The normalized spacial score (nSPS) is 12.0. The molecule has 178 valence electrons. The Labute approximate surface area is 222 Å². The number of aliphatic hydroxyl groups is 1. The van der Waals surface area contributed by atoms with Crippen LogP contribution in [0.15, 0.2) is 64.5 Å². The van der Waals surface area contributed by atoms with Crippen LogP contribution in [0, 0.1) is 22.7 Å². The zero-order valence-corrected chi connectivity index (χ0v) is 21.6. The molecule has 0 spiro atoms. The molecule has 3 aromatic rings. The van der Waals surface area contributed by atoms with Gasteiger partial charge in [0, 0.05) is 21.7 Å². The molecule has 10 heteroatoms. The molecule has 35 heavy (non-hydrogen) atoms. The number of hydrogen-bond donors (Lipinski definition) is 1. The van der Waals surface area contributed by atoms with E-state index < -0.39 is 0 Å². The van der Waals surface area contributed by atoms with Gasteiger partial charge in [0.2, 0.25) is 0 Å². The van der Waals surface area contributed by atoms with Gasteiger partial charge < -0.3 is 9.84 Å². The summed E-state index contributed by atoms with van der Waals surface area (Å²) in [4.78, 5) is 9.02. The second kappa shape index (κ2) is 13.9. The van der Waals surface area contributed by atoms with E-state index in [0.29, 0.717) is 38.3 Å². The van der Waals surface area contributed by atoms with Crippen LogP contribution in [-0.4, -0.2) is 34.4 Å². The minimum Gasteiger partial charge on any atom is -0.491 e. The highest BCUT2D eigenvalue weighted by atomic mass is 35.5. The maximum atomic E-state index is 9.99. The van der Waals surface area contributed by atoms with Crippen LogP contribution in [0.3, 0.4) is 0 Å². The first-order chi connectivity index (χ1) is 17.1. The van der Waals surface area contributed by atoms with Crippen molar-refractivity contribution in [1.82, 2.24) is 4.98 Å². The highest BCUT2D eigenvalue weighted by molar-refractivity contribution is 8.13. The van der Waals surface area contributed by atoms with E-state index in [1.54, 1.807) is 24.3 Å². The number of hydrogen-bond acceptors (Lipinski definition) is 8. The maximum absolute atomic E-state index is 9.99. The molecule has 0 amide bonds. The monoisotopic (exact) mass is 542 g/mol. The van der Waals surface area contributed by atoms with Crippen LogP contribution in [0.1, 0.15) is 17.7 Å². The lowest BCUT2D eigenvalue weighted by Gasteiger charge is -2.11. The van der Waals surface area contributed by atoms with E-state index in [9.17, 15) is 10.5 Å². The van der Waals surface area contributed by atoms with E-state index in [1.165, 1.54) is 23.1 Å². The summed E-state index contributed by atoms with van der Waals surface area (Å²) in [5.41, 5.74) is 3.39. The van der Waals surface area contributed by atoms with Crippen molar-refractivity contribution in [3.63, 3.8) is 0 Å². The highest BCUT2D eigenvalue weighted by Gasteiger charge is 2.17. The molecule has 0 aliphatic rings. The average molecular weight is 544 g/mol. The Morgan fingerprint density at radius 2 is 1.89 bits per heavy atom. The van der Waals surface area contributed by atoms with E-state index in [4.69, 9.17) is 33.0 Å². The largest absolute Gasteiger partial charge is 0.491 e. The van der Waals surface area contributed by atoms with Gasteiger partial charge in [-0.25, -0.2) is 4.98 Å². The lowest BCUT2D eigenvalue weighted by atomic mass is 9.98. The SMILES string of the molecule is N#CC/C(=C(C#N)\C(=N/CCl)SCc1csc(-c2ccc(Cl)cc2)n1)c1ccc(OCCO)cc1. The van der Waals surface area contributed by atoms with Crippen LogP contribution < -0.4 is 4.74 Å². The Balaban J connectivity index is 1.84. The van der Waals surface area contributed by atoms with E-state index >= 15 is 0 Å². The van der Waals surface area contributed by atoms with E-state index in [2.05, 4.69) is 22.1 Å². The average Bonchev–Trinajstić information content (AvgIpc) is 3.35. The summed E-state index contributed by atoms with van der Waals surface area (Å²) < 4.78 is 5.40. The molecule has 0 fully saturated rings. The molecule has 1 N–H and O–H groups in total. The van der Waals surface area contributed by atoms with Crippen LogP contribution in [0.4, 0.5) is 0 Å². The fourth-order valence-corrected chi connectivity index (χ4v) is 5.22. The third kappa shape index (κ3) is 7.57. The van der Waals surface area contributed by atoms with E-state index in [1.807, 2.05) is 29.6 Å². The van der Waals surface area contributed by atoms with E-state index in [-0.39, 0.29) is 25.6 Å². The summed E-state index contributed by atoms with van der Waals surface area (Å²) in [7, 11) is 0. The number of thiazole rings is 1. The number of alkyl halides is 1. The molecule has 3 rings (SSSR count). The summed E-state index contributed by atoms with van der Waals surface area (Å²) >= 11 is 14.8. The van der Waals surface area contributed by atoms with Crippen molar-refractivity contribution in [3.8, 4) is 28.5 Å². The van der Waals surface area contributed by atoms with Gasteiger partial charge >= 0.3 is 0 Å². The minimum absolute atomic E-state index is 0.0195. The van der Waals surface area contributed by atoms with Crippen LogP contribution in [-0.2, 0) is 5.75 Å². The second-order valence-electron chi connectivity index (χ2n) is 6.92. The Bertz CT molecular complexity index is 1270. The van der Waals surface area contributed by atoms with Crippen molar-refractivity contribution in [3.05, 3.63) is 75.8 Å². The lowest BCUT2D eigenvalue weighted by Crippen LogP contribution is -2.04. The molecular weight excluding hydrogens is 523 g/mol. The van der Waals surface area contributed by atoms with Crippen molar-refractivity contribution in [1.29, 1.82) is 10.5 Å². The van der Waals surface area contributed by atoms with Gasteiger partial charge in [-0.2, -0.15) is 10.5 Å².